The molecule has 1 fully saturated rings. The van der Waals surface area contributed by atoms with Gasteiger partial charge in [0.15, 0.2) is 5.78 Å². The van der Waals surface area contributed by atoms with Gasteiger partial charge >= 0.3 is 0 Å². The standard InChI is InChI=1S/C29H40N2O2/c1-6-7-11-21-16-20(2)17-23(27(21)32)19-31-26-15-9-8-14-25(26)30-18-22-12-10-13-24(28(22)33)29(3,4)5/h10,12-13,16,18-19,25-26,31,33H,2,6-9,11,14-15,17H2,1,3-5H3/t25-,26-/m0/s1. The van der Waals surface area contributed by atoms with Crippen molar-refractivity contribution in [3.63, 3.8) is 0 Å². The zero-order chi connectivity index (χ0) is 24.0. The predicted octanol–water partition coefficient (Wildman–Crippen LogP) is 6.54. The van der Waals surface area contributed by atoms with Crippen LogP contribution >= 0.6 is 0 Å². The highest BCUT2D eigenvalue weighted by molar-refractivity contribution is 6.10. The molecule has 1 saturated carbocycles. The third-order valence-corrected chi connectivity index (χ3v) is 6.66. The molecule has 0 spiro atoms. The van der Waals surface area contributed by atoms with Crippen molar-refractivity contribution in [2.24, 2.45) is 4.99 Å². The second-order valence-electron chi connectivity index (χ2n) is 10.5. The van der Waals surface area contributed by atoms with E-state index in [4.69, 9.17) is 4.99 Å². The second-order valence-corrected chi connectivity index (χ2v) is 10.5. The van der Waals surface area contributed by atoms with Gasteiger partial charge in [-0.05, 0) is 42.7 Å². The van der Waals surface area contributed by atoms with E-state index < -0.39 is 0 Å². The predicted molar refractivity (Wildman–Crippen MR) is 138 cm³/mol. The molecule has 3 rings (SSSR count). The topological polar surface area (TPSA) is 61.7 Å². The van der Waals surface area contributed by atoms with E-state index in [1.165, 1.54) is 0 Å². The molecule has 0 amide bonds. The molecule has 178 valence electrons. The first kappa shape index (κ1) is 25.0. The Morgan fingerprint density at radius 1 is 1.24 bits per heavy atom. The number of rotatable bonds is 7. The van der Waals surface area contributed by atoms with Crippen LogP contribution < -0.4 is 5.32 Å². The number of aromatic hydroxyl groups is 1. The lowest BCUT2D eigenvalue weighted by molar-refractivity contribution is -0.112. The van der Waals surface area contributed by atoms with E-state index in [-0.39, 0.29) is 23.3 Å². The molecule has 2 N–H and O–H groups in total. The molecule has 0 bridgehead atoms. The molecule has 0 aromatic heterocycles. The normalized spacial score (nSPS) is 23.3. The first-order valence-corrected chi connectivity index (χ1v) is 12.4. The number of allylic oxidation sites excluding steroid dienone is 4. The number of phenols is 1. The maximum atomic E-state index is 12.9. The van der Waals surface area contributed by atoms with Crippen molar-refractivity contribution in [3.8, 4) is 5.75 Å². The van der Waals surface area contributed by atoms with Gasteiger partial charge in [-0.25, -0.2) is 0 Å². The van der Waals surface area contributed by atoms with Gasteiger partial charge in [0, 0.05) is 41.6 Å². The van der Waals surface area contributed by atoms with Crippen molar-refractivity contribution in [2.45, 2.75) is 96.6 Å². The van der Waals surface area contributed by atoms with Gasteiger partial charge in [-0.15, -0.1) is 0 Å². The molecule has 0 unspecified atom stereocenters. The summed E-state index contributed by atoms with van der Waals surface area (Å²) in [6, 6.07) is 6.17. The molecule has 0 aliphatic heterocycles. The maximum Gasteiger partial charge on any atom is 0.186 e. The zero-order valence-corrected chi connectivity index (χ0v) is 20.8. The Balaban J connectivity index is 1.73. The van der Waals surface area contributed by atoms with Gasteiger partial charge in [0.2, 0.25) is 0 Å². The summed E-state index contributed by atoms with van der Waals surface area (Å²) in [5, 5.41) is 14.3. The summed E-state index contributed by atoms with van der Waals surface area (Å²) in [5.41, 5.74) is 4.25. The minimum Gasteiger partial charge on any atom is -0.507 e. The number of carbonyl (C=O) groups is 1. The Kier molecular flexibility index (Phi) is 8.34. The van der Waals surface area contributed by atoms with Crippen molar-refractivity contribution in [2.75, 3.05) is 0 Å². The third kappa shape index (κ3) is 6.46. The molecule has 0 saturated heterocycles. The van der Waals surface area contributed by atoms with Crippen molar-refractivity contribution in [1.82, 2.24) is 5.32 Å². The summed E-state index contributed by atoms with van der Waals surface area (Å²) >= 11 is 0. The van der Waals surface area contributed by atoms with Gasteiger partial charge in [-0.1, -0.05) is 77.3 Å². The zero-order valence-electron chi connectivity index (χ0n) is 20.8. The smallest absolute Gasteiger partial charge is 0.186 e. The Morgan fingerprint density at radius 3 is 2.73 bits per heavy atom. The van der Waals surface area contributed by atoms with E-state index in [1.807, 2.05) is 36.7 Å². The number of phenolic OH excluding ortho intramolecular Hbond substituents is 1. The minimum absolute atomic E-state index is 0.116. The van der Waals surface area contributed by atoms with Crippen LogP contribution in [0.1, 0.15) is 90.2 Å². The average molecular weight is 449 g/mol. The Bertz CT molecular complexity index is 962. The average Bonchev–Trinajstić information content (AvgIpc) is 2.77. The lowest BCUT2D eigenvalue weighted by Crippen LogP contribution is -2.39. The fourth-order valence-electron chi connectivity index (χ4n) is 4.70. The summed E-state index contributed by atoms with van der Waals surface area (Å²) in [6.07, 6.45) is 13.6. The summed E-state index contributed by atoms with van der Waals surface area (Å²) in [6.45, 7) is 12.6. The quantitative estimate of drug-likeness (QED) is 0.368. The fourth-order valence-corrected chi connectivity index (χ4v) is 4.70. The van der Waals surface area contributed by atoms with Crippen molar-refractivity contribution < 1.29 is 9.90 Å². The maximum absolute atomic E-state index is 12.9. The van der Waals surface area contributed by atoms with Gasteiger partial charge in [-0.2, -0.15) is 0 Å². The highest BCUT2D eigenvalue weighted by Gasteiger charge is 2.26. The highest BCUT2D eigenvalue weighted by Crippen LogP contribution is 2.33. The Hall–Kier alpha value is -2.62. The van der Waals surface area contributed by atoms with Crippen LogP contribution in [0.3, 0.4) is 0 Å². The number of benzene rings is 1. The van der Waals surface area contributed by atoms with Crippen LogP contribution in [-0.4, -0.2) is 29.2 Å². The Labute approximate surface area is 199 Å². The van der Waals surface area contributed by atoms with E-state index in [9.17, 15) is 9.90 Å². The van der Waals surface area contributed by atoms with Gasteiger partial charge < -0.3 is 10.4 Å². The number of nitrogens with zero attached hydrogens (tertiary/aromatic N) is 1. The molecule has 2 aliphatic carbocycles. The number of Topliss-reactive ketones (excluding diaryl/α,β-unsaturated/α-hetero) is 1. The fraction of sp³-hybridized carbons (Fsp3) is 0.517. The van der Waals surface area contributed by atoms with Gasteiger partial charge in [0.1, 0.15) is 5.75 Å². The van der Waals surface area contributed by atoms with Crippen molar-refractivity contribution >= 4 is 12.0 Å². The van der Waals surface area contributed by atoms with Crippen molar-refractivity contribution in [3.05, 3.63) is 64.9 Å². The summed E-state index contributed by atoms with van der Waals surface area (Å²) in [4.78, 5) is 17.8. The lowest BCUT2D eigenvalue weighted by Gasteiger charge is -2.30. The number of carbonyl (C=O) groups excluding carboxylic acids is 1. The van der Waals surface area contributed by atoms with Crippen molar-refractivity contribution in [1.29, 1.82) is 0 Å². The molecule has 4 heteroatoms. The molecule has 4 nitrogen and oxygen atoms in total. The van der Waals surface area contributed by atoms with E-state index in [2.05, 4.69) is 39.6 Å². The van der Waals surface area contributed by atoms with Crippen LogP contribution in [0.2, 0.25) is 0 Å². The van der Waals surface area contributed by atoms with E-state index in [1.54, 1.807) is 0 Å². The number of unbranched alkanes of at least 4 members (excludes halogenated alkanes) is 1. The molecule has 2 atom stereocenters. The molecule has 1 aromatic rings. The van der Waals surface area contributed by atoms with Gasteiger partial charge in [0.05, 0.1) is 6.04 Å². The van der Waals surface area contributed by atoms with E-state index in [0.717, 1.165) is 72.8 Å². The van der Waals surface area contributed by atoms with Crippen LogP contribution in [0.15, 0.2) is 58.8 Å². The number of hydrogen-bond acceptors (Lipinski definition) is 4. The number of ketones is 1. The van der Waals surface area contributed by atoms with Crippen LogP contribution in [0.4, 0.5) is 0 Å². The molecular formula is C29H40N2O2. The molecule has 2 aliphatic rings. The van der Waals surface area contributed by atoms with Crippen LogP contribution in [-0.2, 0) is 10.2 Å². The highest BCUT2D eigenvalue weighted by atomic mass is 16.3. The Morgan fingerprint density at radius 2 is 2.00 bits per heavy atom. The van der Waals surface area contributed by atoms with Gasteiger partial charge in [-0.3, -0.25) is 9.79 Å². The monoisotopic (exact) mass is 448 g/mol. The third-order valence-electron chi connectivity index (χ3n) is 6.66. The van der Waals surface area contributed by atoms with Crippen LogP contribution in [0.5, 0.6) is 5.75 Å². The lowest BCUT2D eigenvalue weighted by atomic mass is 9.85. The second kappa shape index (κ2) is 11.0. The van der Waals surface area contributed by atoms with E-state index >= 15 is 0 Å². The van der Waals surface area contributed by atoms with Crippen LogP contribution in [0.25, 0.3) is 0 Å². The minimum atomic E-state index is -0.129. The molecule has 1 aromatic carbocycles. The first-order chi connectivity index (χ1) is 15.7. The summed E-state index contributed by atoms with van der Waals surface area (Å²) in [5.74, 6) is 0.469. The first-order valence-electron chi connectivity index (χ1n) is 12.4. The molecule has 33 heavy (non-hydrogen) atoms. The summed E-state index contributed by atoms with van der Waals surface area (Å²) in [7, 11) is 0. The van der Waals surface area contributed by atoms with E-state index in [0.29, 0.717) is 12.2 Å². The summed E-state index contributed by atoms with van der Waals surface area (Å²) < 4.78 is 0. The number of nitrogens with one attached hydrogen (secondary N) is 1. The van der Waals surface area contributed by atoms with Gasteiger partial charge in [0.25, 0.3) is 0 Å². The molecule has 0 heterocycles. The number of hydrogen-bond donors (Lipinski definition) is 2. The molecule has 0 radical (unpaired) electrons. The molecular weight excluding hydrogens is 408 g/mol. The largest absolute Gasteiger partial charge is 0.507 e. The SMILES string of the molecule is C=C1C=C(CCCC)C(=O)C(=CN[C@H]2CCCC[C@@H]2N=Cc2cccc(C(C)(C)C)c2O)C1. The number of aliphatic imine (C=N–C) groups is 1. The van der Waals surface area contributed by atoms with Crippen LogP contribution in [0, 0.1) is 0 Å². The number of para-hydroxylation sites is 1.